The van der Waals surface area contributed by atoms with Crippen molar-refractivity contribution in [3.63, 3.8) is 0 Å². The van der Waals surface area contributed by atoms with Crippen molar-refractivity contribution in [3.8, 4) is 0 Å². The molecule has 6 rings (SSSR count). The van der Waals surface area contributed by atoms with Crippen molar-refractivity contribution in [2.24, 2.45) is 28.9 Å². The third kappa shape index (κ3) is 2.38. The molecule has 0 radical (unpaired) electrons. The van der Waals surface area contributed by atoms with Gasteiger partial charge in [0, 0.05) is 0 Å². The van der Waals surface area contributed by atoms with Crippen molar-refractivity contribution in [1.82, 2.24) is 4.98 Å². The van der Waals surface area contributed by atoms with Crippen LogP contribution >= 0.6 is 11.3 Å². The van der Waals surface area contributed by atoms with Gasteiger partial charge in [-0.25, -0.2) is 4.98 Å². The lowest BCUT2D eigenvalue weighted by molar-refractivity contribution is -0.140. The molecular weight excluding hydrogens is 334 g/mol. The molecule has 6 heteroatoms. The number of hydrogen-bond acceptors (Lipinski definition) is 4. The first-order chi connectivity index (χ1) is 12.0. The monoisotopic (exact) mass is 355 g/mol. The molecule has 4 fully saturated rings. The minimum Gasteiger partial charge on any atom is -0.366 e. The molecule has 4 saturated carbocycles. The SMILES string of the molecule is NC(=O)c1cccc2sc(NC(=O)C34CC5CC(CC(C5)C3)C4)nc12. The standard InChI is InChI=1S/C19H21N3O2S/c20-16(23)13-2-1-3-14-15(13)21-18(25-14)22-17(24)19-7-10-4-11(8-19)6-12(5-10)9-19/h1-3,10-12H,4-9H2,(H2,20,23)(H,21,22,24). The molecule has 1 aromatic heterocycles. The first kappa shape index (κ1) is 15.3. The van der Waals surface area contributed by atoms with Gasteiger partial charge in [0.2, 0.25) is 5.91 Å². The number of amides is 2. The van der Waals surface area contributed by atoms with E-state index in [1.54, 1.807) is 12.1 Å². The maximum atomic E-state index is 13.1. The van der Waals surface area contributed by atoms with Crippen molar-refractivity contribution in [3.05, 3.63) is 23.8 Å². The molecule has 0 saturated heterocycles. The molecule has 3 N–H and O–H groups in total. The van der Waals surface area contributed by atoms with E-state index in [4.69, 9.17) is 5.73 Å². The fraction of sp³-hybridized carbons (Fsp3) is 0.526. The van der Waals surface area contributed by atoms with Crippen LogP contribution in [0.5, 0.6) is 0 Å². The van der Waals surface area contributed by atoms with Gasteiger partial charge in [0.1, 0.15) is 0 Å². The normalized spacial score (nSPS) is 32.9. The van der Waals surface area contributed by atoms with E-state index < -0.39 is 5.91 Å². The maximum absolute atomic E-state index is 13.1. The van der Waals surface area contributed by atoms with Gasteiger partial charge in [-0.05, 0) is 68.4 Å². The Morgan fingerprint density at radius 2 is 1.76 bits per heavy atom. The summed E-state index contributed by atoms with van der Waals surface area (Å²) in [5.41, 5.74) is 6.23. The van der Waals surface area contributed by atoms with Crippen molar-refractivity contribution in [2.45, 2.75) is 38.5 Å². The summed E-state index contributed by atoms with van der Waals surface area (Å²) in [7, 11) is 0. The smallest absolute Gasteiger partial charge is 0.250 e. The van der Waals surface area contributed by atoms with Crippen LogP contribution in [0.25, 0.3) is 10.2 Å². The van der Waals surface area contributed by atoms with Crippen LogP contribution in [-0.4, -0.2) is 16.8 Å². The van der Waals surface area contributed by atoms with E-state index in [2.05, 4.69) is 10.3 Å². The number of nitrogens with zero attached hydrogens (tertiary/aromatic N) is 1. The minimum atomic E-state index is -0.491. The van der Waals surface area contributed by atoms with E-state index in [1.807, 2.05) is 6.07 Å². The molecule has 2 aromatic rings. The number of benzene rings is 1. The Morgan fingerprint density at radius 3 is 2.36 bits per heavy atom. The zero-order valence-corrected chi connectivity index (χ0v) is 14.8. The molecule has 1 aromatic carbocycles. The molecule has 0 unspecified atom stereocenters. The Labute approximate surface area is 150 Å². The van der Waals surface area contributed by atoms with Gasteiger partial charge >= 0.3 is 0 Å². The van der Waals surface area contributed by atoms with E-state index in [0.29, 0.717) is 16.2 Å². The molecule has 5 nitrogen and oxygen atoms in total. The number of anilines is 1. The molecule has 4 aliphatic carbocycles. The van der Waals surface area contributed by atoms with Crippen LogP contribution in [-0.2, 0) is 4.79 Å². The Kier molecular flexibility index (Phi) is 3.23. The largest absolute Gasteiger partial charge is 0.366 e. The predicted molar refractivity (Wildman–Crippen MR) is 97.4 cm³/mol. The van der Waals surface area contributed by atoms with Crippen LogP contribution in [0.1, 0.15) is 48.9 Å². The molecule has 25 heavy (non-hydrogen) atoms. The summed E-state index contributed by atoms with van der Waals surface area (Å²) >= 11 is 1.41. The van der Waals surface area contributed by atoms with Gasteiger partial charge in [-0.2, -0.15) is 0 Å². The number of hydrogen-bond donors (Lipinski definition) is 2. The molecule has 4 aliphatic rings. The van der Waals surface area contributed by atoms with Crippen LogP contribution in [0.2, 0.25) is 0 Å². The fourth-order valence-electron chi connectivity index (χ4n) is 5.82. The fourth-order valence-corrected chi connectivity index (χ4v) is 6.71. The second kappa shape index (κ2) is 5.27. The van der Waals surface area contributed by atoms with Crippen LogP contribution in [0, 0.1) is 23.2 Å². The Hall–Kier alpha value is -1.95. The lowest BCUT2D eigenvalue weighted by atomic mass is 9.49. The number of fused-ring (bicyclic) bond motifs is 1. The molecule has 2 amide bonds. The highest BCUT2D eigenvalue weighted by Crippen LogP contribution is 2.60. The number of aromatic nitrogens is 1. The molecular formula is C19H21N3O2S. The minimum absolute atomic E-state index is 0.131. The van der Waals surface area contributed by atoms with Crippen LogP contribution < -0.4 is 11.1 Å². The van der Waals surface area contributed by atoms with Gasteiger partial charge in [0.15, 0.2) is 5.13 Å². The van der Waals surface area contributed by atoms with Crippen molar-refractivity contribution < 1.29 is 9.59 Å². The Morgan fingerprint density at radius 1 is 1.12 bits per heavy atom. The molecule has 4 bridgehead atoms. The number of primary amides is 1. The number of carbonyl (C=O) groups is 2. The first-order valence-corrected chi connectivity index (χ1v) is 9.85. The van der Waals surface area contributed by atoms with Gasteiger partial charge in [-0.3, -0.25) is 9.59 Å². The highest BCUT2D eigenvalue weighted by atomic mass is 32.1. The predicted octanol–water partition coefficient (Wildman–Crippen LogP) is 3.55. The van der Waals surface area contributed by atoms with Crippen LogP contribution in [0.4, 0.5) is 5.13 Å². The third-order valence-electron chi connectivity index (χ3n) is 6.42. The maximum Gasteiger partial charge on any atom is 0.250 e. The summed E-state index contributed by atoms with van der Waals surface area (Å²) in [6.07, 6.45) is 7.04. The molecule has 0 aliphatic heterocycles. The van der Waals surface area contributed by atoms with Crippen LogP contribution in [0.3, 0.4) is 0 Å². The second-order valence-electron chi connectivity index (χ2n) is 8.19. The first-order valence-electron chi connectivity index (χ1n) is 9.03. The highest BCUT2D eigenvalue weighted by Gasteiger charge is 2.54. The summed E-state index contributed by atoms with van der Waals surface area (Å²) < 4.78 is 0.872. The number of nitrogens with two attached hydrogens (primary N) is 1. The number of nitrogens with one attached hydrogen (secondary N) is 1. The molecule has 130 valence electrons. The quantitative estimate of drug-likeness (QED) is 0.883. The van der Waals surface area contributed by atoms with Crippen molar-refractivity contribution in [2.75, 3.05) is 5.32 Å². The van der Waals surface area contributed by atoms with Crippen molar-refractivity contribution >= 4 is 38.5 Å². The van der Waals surface area contributed by atoms with E-state index in [-0.39, 0.29) is 11.3 Å². The summed E-state index contributed by atoms with van der Waals surface area (Å²) in [4.78, 5) is 29.2. The van der Waals surface area contributed by atoms with E-state index in [1.165, 1.54) is 30.6 Å². The third-order valence-corrected chi connectivity index (χ3v) is 7.36. The topological polar surface area (TPSA) is 85.1 Å². The summed E-state index contributed by atoms with van der Waals surface area (Å²) in [5.74, 6) is 1.83. The van der Waals surface area contributed by atoms with Gasteiger partial charge in [0.25, 0.3) is 5.91 Å². The molecule has 0 atom stereocenters. The zero-order chi connectivity index (χ0) is 17.2. The number of para-hydroxylation sites is 1. The van der Waals surface area contributed by atoms with Crippen LogP contribution in [0.15, 0.2) is 18.2 Å². The second-order valence-corrected chi connectivity index (χ2v) is 9.22. The molecule has 1 heterocycles. The van der Waals surface area contributed by atoms with Gasteiger partial charge in [-0.1, -0.05) is 17.4 Å². The lowest BCUT2D eigenvalue weighted by Crippen LogP contribution is -2.51. The van der Waals surface area contributed by atoms with Gasteiger partial charge < -0.3 is 11.1 Å². The van der Waals surface area contributed by atoms with Crippen molar-refractivity contribution in [1.29, 1.82) is 0 Å². The van der Waals surface area contributed by atoms with Gasteiger partial charge in [0.05, 0.1) is 21.2 Å². The Bertz CT molecular complexity index is 853. The van der Waals surface area contributed by atoms with E-state index in [9.17, 15) is 9.59 Å². The summed E-state index contributed by atoms with van der Waals surface area (Å²) in [5, 5.41) is 3.64. The average molecular weight is 355 g/mol. The number of carbonyl (C=O) groups excluding carboxylic acids is 2. The van der Waals surface area contributed by atoms with Gasteiger partial charge in [-0.15, -0.1) is 0 Å². The average Bonchev–Trinajstić information content (AvgIpc) is 2.95. The zero-order valence-electron chi connectivity index (χ0n) is 14.0. The number of thiazole rings is 1. The number of rotatable bonds is 3. The molecule has 0 spiro atoms. The lowest BCUT2D eigenvalue weighted by Gasteiger charge is -2.55. The Balaban J connectivity index is 1.44. The van der Waals surface area contributed by atoms with E-state index in [0.717, 1.165) is 41.7 Å². The summed E-state index contributed by atoms with van der Waals surface area (Å²) in [6.45, 7) is 0. The highest BCUT2D eigenvalue weighted by molar-refractivity contribution is 7.22. The summed E-state index contributed by atoms with van der Waals surface area (Å²) in [6, 6.07) is 5.38. The van der Waals surface area contributed by atoms with E-state index >= 15 is 0 Å².